The molecule has 0 amide bonds. The monoisotopic (exact) mass is 364 g/mol. The smallest absolute Gasteiger partial charge is 0.160 e. The third kappa shape index (κ3) is 3.86. The third-order valence-corrected chi connectivity index (χ3v) is 4.87. The van der Waals surface area contributed by atoms with Crippen LogP contribution in [0.5, 0.6) is 0 Å². The fourth-order valence-electron chi connectivity index (χ4n) is 3.21. The molecule has 0 radical (unpaired) electrons. The summed E-state index contributed by atoms with van der Waals surface area (Å²) >= 11 is 0. The standard InChI is InChI=1S/C26H24N2/c1-26(2,3)22-16-14-20(15-17-22)24-18-23(19-10-6-4-7-11-19)27-25(28-24)21-12-8-5-9-13-21/h4-18H,1-3H3. The maximum atomic E-state index is 4.88. The van der Waals surface area contributed by atoms with Crippen LogP contribution in [0, 0.1) is 0 Å². The Morgan fingerprint density at radius 1 is 0.536 bits per heavy atom. The summed E-state index contributed by atoms with van der Waals surface area (Å²) in [5.41, 5.74) is 6.54. The molecule has 0 atom stereocenters. The molecule has 28 heavy (non-hydrogen) atoms. The van der Waals surface area contributed by atoms with E-state index in [1.165, 1.54) is 5.56 Å². The van der Waals surface area contributed by atoms with Crippen LogP contribution < -0.4 is 0 Å². The second-order valence-electron chi connectivity index (χ2n) is 8.02. The molecule has 1 aromatic heterocycles. The summed E-state index contributed by atoms with van der Waals surface area (Å²) in [6.45, 7) is 6.69. The summed E-state index contributed by atoms with van der Waals surface area (Å²) in [5, 5.41) is 0. The first-order valence-electron chi connectivity index (χ1n) is 9.61. The van der Waals surface area contributed by atoms with Crippen LogP contribution in [-0.2, 0) is 5.41 Å². The van der Waals surface area contributed by atoms with Gasteiger partial charge in [0.1, 0.15) is 0 Å². The van der Waals surface area contributed by atoms with Gasteiger partial charge in [0.25, 0.3) is 0 Å². The molecular weight excluding hydrogens is 340 g/mol. The van der Waals surface area contributed by atoms with Gasteiger partial charge in [0.05, 0.1) is 11.4 Å². The normalized spacial score (nSPS) is 11.4. The highest BCUT2D eigenvalue weighted by atomic mass is 14.9. The van der Waals surface area contributed by atoms with E-state index in [0.717, 1.165) is 33.9 Å². The van der Waals surface area contributed by atoms with E-state index < -0.39 is 0 Å². The Balaban J connectivity index is 1.85. The van der Waals surface area contributed by atoms with Gasteiger partial charge in [-0.25, -0.2) is 9.97 Å². The molecule has 0 spiro atoms. The Bertz CT molecular complexity index is 1000. The number of nitrogens with zero attached hydrogens (tertiary/aromatic N) is 2. The fourth-order valence-corrected chi connectivity index (χ4v) is 3.21. The van der Waals surface area contributed by atoms with Crippen molar-refractivity contribution in [2.24, 2.45) is 0 Å². The van der Waals surface area contributed by atoms with Crippen LogP contribution in [0.4, 0.5) is 0 Å². The van der Waals surface area contributed by atoms with Gasteiger partial charge in [-0.3, -0.25) is 0 Å². The van der Waals surface area contributed by atoms with Gasteiger partial charge < -0.3 is 0 Å². The molecule has 0 saturated carbocycles. The molecule has 4 rings (SSSR count). The maximum absolute atomic E-state index is 4.88. The molecule has 0 N–H and O–H groups in total. The summed E-state index contributed by atoms with van der Waals surface area (Å²) in [7, 11) is 0. The first-order chi connectivity index (χ1) is 13.5. The quantitative estimate of drug-likeness (QED) is 0.400. The lowest BCUT2D eigenvalue weighted by molar-refractivity contribution is 0.590. The summed E-state index contributed by atoms with van der Waals surface area (Å²) in [6.07, 6.45) is 0. The number of hydrogen-bond acceptors (Lipinski definition) is 2. The van der Waals surface area contributed by atoms with E-state index in [0.29, 0.717) is 0 Å². The Hall–Kier alpha value is -3.26. The molecule has 0 aliphatic carbocycles. The molecule has 0 unspecified atom stereocenters. The van der Waals surface area contributed by atoms with Gasteiger partial charge in [-0.05, 0) is 17.0 Å². The number of rotatable bonds is 3. The van der Waals surface area contributed by atoms with Gasteiger partial charge in [-0.1, -0.05) is 106 Å². The average molecular weight is 364 g/mol. The lowest BCUT2D eigenvalue weighted by atomic mass is 9.86. The van der Waals surface area contributed by atoms with E-state index in [4.69, 9.17) is 9.97 Å². The first kappa shape index (κ1) is 18.1. The van der Waals surface area contributed by atoms with Crippen molar-refractivity contribution in [2.45, 2.75) is 26.2 Å². The van der Waals surface area contributed by atoms with Crippen molar-refractivity contribution in [3.8, 4) is 33.9 Å². The topological polar surface area (TPSA) is 25.8 Å². The minimum atomic E-state index is 0.134. The SMILES string of the molecule is CC(C)(C)c1ccc(-c2cc(-c3ccccc3)nc(-c3ccccc3)n2)cc1. The number of hydrogen-bond donors (Lipinski definition) is 0. The van der Waals surface area contributed by atoms with E-state index in [2.05, 4.69) is 75.4 Å². The summed E-state index contributed by atoms with van der Waals surface area (Å²) in [5.74, 6) is 0.747. The van der Waals surface area contributed by atoms with Gasteiger partial charge in [0.2, 0.25) is 0 Å². The van der Waals surface area contributed by atoms with Crippen LogP contribution in [0.25, 0.3) is 33.9 Å². The van der Waals surface area contributed by atoms with Crippen LogP contribution in [0.15, 0.2) is 91.0 Å². The molecule has 0 saturated heterocycles. The molecule has 4 aromatic rings. The van der Waals surface area contributed by atoms with Crippen molar-refractivity contribution >= 4 is 0 Å². The lowest BCUT2D eigenvalue weighted by Gasteiger charge is -2.19. The van der Waals surface area contributed by atoms with E-state index in [-0.39, 0.29) is 5.41 Å². The molecule has 1 heterocycles. The molecule has 0 aliphatic rings. The van der Waals surface area contributed by atoms with E-state index >= 15 is 0 Å². The van der Waals surface area contributed by atoms with Crippen molar-refractivity contribution in [2.75, 3.05) is 0 Å². The van der Waals surface area contributed by atoms with Crippen molar-refractivity contribution in [3.05, 3.63) is 96.6 Å². The molecule has 3 aromatic carbocycles. The number of aromatic nitrogens is 2. The molecule has 2 heteroatoms. The van der Waals surface area contributed by atoms with Crippen LogP contribution in [-0.4, -0.2) is 9.97 Å². The largest absolute Gasteiger partial charge is 0.228 e. The highest BCUT2D eigenvalue weighted by Gasteiger charge is 2.14. The Kier molecular flexibility index (Phi) is 4.79. The van der Waals surface area contributed by atoms with Crippen LogP contribution in [0.3, 0.4) is 0 Å². The van der Waals surface area contributed by atoms with E-state index in [1.807, 2.05) is 36.4 Å². The maximum Gasteiger partial charge on any atom is 0.160 e. The average Bonchev–Trinajstić information content (AvgIpc) is 2.74. The van der Waals surface area contributed by atoms with Gasteiger partial charge in [-0.15, -0.1) is 0 Å². The van der Waals surface area contributed by atoms with Crippen molar-refractivity contribution < 1.29 is 0 Å². The second kappa shape index (κ2) is 7.40. The summed E-state index contributed by atoms with van der Waals surface area (Å²) in [4.78, 5) is 9.73. The molecule has 2 nitrogen and oxygen atoms in total. The van der Waals surface area contributed by atoms with Crippen LogP contribution in [0.2, 0.25) is 0 Å². The Morgan fingerprint density at radius 3 is 1.50 bits per heavy atom. The molecular formula is C26H24N2. The van der Waals surface area contributed by atoms with Crippen molar-refractivity contribution in [1.82, 2.24) is 9.97 Å². The predicted octanol–water partition coefficient (Wildman–Crippen LogP) is 6.78. The second-order valence-corrected chi connectivity index (χ2v) is 8.02. The molecule has 138 valence electrons. The van der Waals surface area contributed by atoms with Gasteiger partial charge in [0.15, 0.2) is 5.82 Å². The Labute approximate surface area is 167 Å². The highest BCUT2D eigenvalue weighted by molar-refractivity contribution is 5.71. The highest BCUT2D eigenvalue weighted by Crippen LogP contribution is 2.29. The van der Waals surface area contributed by atoms with Crippen molar-refractivity contribution in [1.29, 1.82) is 0 Å². The minimum absolute atomic E-state index is 0.134. The zero-order chi connectivity index (χ0) is 19.6. The minimum Gasteiger partial charge on any atom is -0.228 e. The number of benzene rings is 3. The van der Waals surface area contributed by atoms with Gasteiger partial charge in [-0.2, -0.15) is 0 Å². The zero-order valence-corrected chi connectivity index (χ0v) is 16.6. The van der Waals surface area contributed by atoms with Gasteiger partial charge >= 0.3 is 0 Å². The lowest BCUT2D eigenvalue weighted by Crippen LogP contribution is -2.10. The molecule has 0 fully saturated rings. The van der Waals surface area contributed by atoms with Crippen molar-refractivity contribution in [3.63, 3.8) is 0 Å². The fraction of sp³-hybridized carbons (Fsp3) is 0.154. The predicted molar refractivity (Wildman–Crippen MR) is 117 cm³/mol. The summed E-state index contributed by atoms with van der Waals surface area (Å²) < 4.78 is 0. The molecule has 0 bridgehead atoms. The van der Waals surface area contributed by atoms with Crippen LogP contribution in [0.1, 0.15) is 26.3 Å². The zero-order valence-electron chi connectivity index (χ0n) is 16.6. The van der Waals surface area contributed by atoms with Gasteiger partial charge in [0, 0.05) is 16.7 Å². The summed E-state index contributed by atoms with van der Waals surface area (Å²) in [6, 6.07) is 31.2. The third-order valence-electron chi connectivity index (χ3n) is 4.87. The molecule has 0 aliphatic heterocycles. The van der Waals surface area contributed by atoms with E-state index in [9.17, 15) is 0 Å². The first-order valence-corrected chi connectivity index (χ1v) is 9.61. The Morgan fingerprint density at radius 2 is 1.00 bits per heavy atom. The van der Waals surface area contributed by atoms with Crippen LogP contribution >= 0.6 is 0 Å². The van der Waals surface area contributed by atoms with E-state index in [1.54, 1.807) is 0 Å².